The number of unbranched alkanes of at least 4 members (excludes halogenated alkanes) is 1. The maximum Gasteiger partial charge on any atom is 0.419 e. The molecule has 0 saturated heterocycles. The summed E-state index contributed by atoms with van der Waals surface area (Å²) < 4.78 is 18.4. The van der Waals surface area contributed by atoms with Crippen LogP contribution in [-0.4, -0.2) is 106 Å². The Morgan fingerprint density at radius 1 is 0.746 bits per heavy atom. The predicted molar refractivity (Wildman–Crippen MR) is 276 cm³/mol. The number of alkyl carbamates (subject to hydrolysis) is 2. The lowest BCUT2D eigenvalue weighted by Crippen LogP contribution is -2.57. The van der Waals surface area contributed by atoms with E-state index in [1.54, 1.807) is 92.8 Å². The van der Waals surface area contributed by atoms with Gasteiger partial charge < -0.3 is 50.8 Å². The molecule has 2 heterocycles. The number of benzene rings is 3. The van der Waals surface area contributed by atoms with Crippen molar-refractivity contribution < 1.29 is 48.1 Å². The third-order valence-electron chi connectivity index (χ3n) is 11.1. The molecule has 0 spiro atoms. The average molecular weight is 1070 g/mol. The lowest BCUT2D eigenvalue weighted by atomic mass is 10.0. The SMILES string of the molecule is CN1C(=O)[C@H](CCCCNC(=O)OC(C)(C)C)NC(=O)[C@H](CCCNC(=O)OC(C)(C)C)NCc2ccccc2Sc2c(ccc(Br)c2O)CNC(=O)[C@@H]1Cc1cn(C(=O)OC(C)(C)C)c2ccccc12. The van der Waals surface area contributed by atoms with Crippen LogP contribution in [0.1, 0.15) is 111 Å². The first-order valence-electron chi connectivity index (χ1n) is 23.9. The molecule has 3 aromatic carbocycles. The molecule has 0 bridgehead atoms. The van der Waals surface area contributed by atoms with Crippen LogP contribution in [0.2, 0.25) is 0 Å². The highest BCUT2D eigenvalue weighted by molar-refractivity contribution is 9.10. The largest absolute Gasteiger partial charge is 0.506 e. The van der Waals surface area contributed by atoms with Crippen LogP contribution in [0.3, 0.4) is 0 Å². The van der Waals surface area contributed by atoms with E-state index in [0.29, 0.717) is 50.7 Å². The highest BCUT2D eigenvalue weighted by Gasteiger charge is 2.35. The number of nitrogens with one attached hydrogen (secondary N) is 5. The summed E-state index contributed by atoms with van der Waals surface area (Å²) in [7, 11) is 1.51. The van der Waals surface area contributed by atoms with Crippen molar-refractivity contribution in [3.05, 3.63) is 88.0 Å². The van der Waals surface area contributed by atoms with Crippen LogP contribution in [0, 0.1) is 0 Å². The zero-order chi connectivity index (χ0) is 52.3. The fourth-order valence-electron chi connectivity index (χ4n) is 7.77. The van der Waals surface area contributed by atoms with E-state index in [4.69, 9.17) is 14.2 Å². The number of rotatable bonds is 11. The minimum absolute atomic E-state index is 0.0230. The van der Waals surface area contributed by atoms with Crippen molar-refractivity contribution in [2.24, 2.45) is 0 Å². The Kier molecular flexibility index (Phi) is 19.4. The number of phenolic OH excluding ortho intramolecular Hbond substituents is 1. The number of carbonyl (C=O) groups excluding carboxylic acids is 6. The number of fused-ring (bicyclic) bond motifs is 3. The molecule has 0 saturated carbocycles. The van der Waals surface area contributed by atoms with Crippen molar-refractivity contribution in [3.63, 3.8) is 0 Å². The van der Waals surface area contributed by atoms with Gasteiger partial charge in [-0.2, -0.15) is 0 Å². The van der Waals surface area contributed by atoms with Gasteiger partial charge in [0.2, 0.25) is 17.7 Å². The summed E-state index contributed by atoms with van der Waals surface area (Å²) in [6.45, 7) is 16.5. The van der Waals surface area contributed by atoms with Gasteiger partial charge in [-0.15, -0.1) is 0 Å². The molecule has 71 heavy (non-hydrogen) atoms. The summed E-state index contributed by atoms with van der Waals surface area (Å²) in [5.41, 5.74) is 0.366. The van der Waals surface area contributed by atoms with Gasteiger partial charge in [-0.25, -0.2) is 14.4 Å². The van der Waals surface area contributed by atoms with Gasteiger partial charge in [0, 0.05) is 56.1 Å². The number of phenols is 1. The molecule has 1 aliphatic heterocycles. The quantitative estimate of drug-likeness (QED) is 0.0614. The number of amides is 5. The summed E-state index contributed by atoms with van der Waals surface area (Å²) in [5.74, 6) is -1.59. The van der Waals surface area contributed by atoms with E-state index in [2.05, 4.69) is 42.5 Å². The van der Waals surface area contributed by atoms with Crippen molar-refractivity contribution in [1.82, 2.24) is 36.1 Å². The molecule has 6 N–H and O–H groups in total. The summed E-state index contributed by atoms with van der Waals surface area (Å²) in [5, 5.41) is 27.1. The van der Waals surface area contributed by atoms with Crippen molar-refractivity contribution in [2.45, 2.75) is 159 Å². The molecule has 1 aliphatic rings. The molecule has 4 aromatic rings. The molecular weight excluding hydrogens is 995 g/mol. The number of hydrogen-bond acceptors (Lipinski definition) is 12. The Bertz CT molecular complexity index is 2550. The van der Waals surface area contributed by atoms with Gasteiger partial charge in [-0.05, 0) is 145 Å². The second-order valence-electron chi connectivity index (χ2n) is 20.5. The lowest BCUT2D eigenvalue weighted by Gasteiger charge is -2.32. The van der Waals surface area contributed by atoms with Crippen molar-refractivity contribution in [1.29, 1.82) is 0 Å². The highest BCUT2D eigenvalue weighted by Crippen LogP contribution is 2.42. The molecule has 0 fully saturated rings. The zero-order valence-electron chi connectivity index (χ0n) is 42.5. The normalized spacial score (nSPS) is 17.5. The van der Waals surface area contributed by atoms with Crippen LogP contribution in [0.15, 0.2) is 81.1 Å². The van der Waals surface area contributed by atoms with E-state index in [0.717, 1.165) is 10.5 Å². The first-order valence-corrected chi connectivity index (χ1v) is 25.5. The molecule has 0 aliphatic carbocycles. The van der Waals surface area contributed by atoms with Crippen molar-refractivity contribution in [3.8, 4) is 5.75 Å². The predicted octanol–water partition coefficient (Wildman–Crippen LogP) is 8.69. The molecule has 5 rings (SSSR count). The molecule has 5 amide bonds. The van der Waals surface area contributed by atoms with Crippen LogP contribution in [-0.2, 0) is 48.1 Å². The molecular formula is C52H70BrN7O10S. The zero-order valence-corrected chi connectivity index (χ0v) is 44.9. The van der Waals surface area contributed by atoms with Crippen LogP contribution in [0.4, 0.5) is 14.4 Å². The van der Waals surface area contributed by atoms with E-state index in [9.17, 15) is 29.1 Å². The van der Waals surface area contributed by atoms with Crippen molar-refractivity contribution >= 4 is 74.6 Å². The third kappa shape index (κ3) is 16.9. The number of aromatic nitrogens is 1. The number of halogens is 1. The second-order valence-corrected chi connectivity index (χ2v) is 22.4. The minimum atomic E-state index is -1.18. The third-order valence-corrected chi connectivity index (χ3v) is 13.0. The number of nitrogens with zero attached hydrogens (tertiary/aromatic N) is 2. The fraction of sp³-hybridized carbons (Fsp3) is 0.500. The van der Waals surface area contributed by atoms with E-state index in [-0.39, 0.29) is 51.2 Å². The molecule has 19 heteroatoms. The first-order chi connectivity index (χ1) is 33.3. The van der Waals surface area contributed by atoms with Crippen molar-refractivity contribution in [2.75, 3.05) is 20.1 Å². The molecule has 0 unspecified atom stereocenters. The maximum atomic E-state index is 15.1. The fourth-order valence-corrected chi connectivity index (χ4v) is 9.34. The van der Waals surface area contributed by atoms with Crippen LogP contribution in [0.5, 0.6) is 5.75 Å². The van der Waals surface area contributed by atoms with Gasteiger partial charge >= 0.3 is 18.3 Å². The van der Waals surface area contributed by atoms with E-state index >= 15 is 4.79 Å². The number of para-hydroxylation sites is 1. The Morgan fingerprint density at radius 3 is 2.01 bits per heavy atom. The summed E-state index contributed by atoms with van der Waals surface area (Å²) >= 11 is 4.77. The maximum absolute atomic E-state index is 15.1. The second kappa shape index (κ2) is 24.6. The van der Waals surface area contributed by atoms with Crippen LogP contribution < -0.4 is 26.6 Å². The van der Waals surface area contributed by atoms with Gasteiger partial charge in [-0.3, -0.25) is 19.0 Å². The number of likely N-dealkylation sites (N-methyl/N-ethyl adjacent to an activating group) is 1. The summed E-state index contributed by atoms with van der Waals surface area (Å²) in [4.78, 5) is 85.7. The summed E-state index contributed by atoms with van der Waals surface area (Å²) in [6.07, 6.45) is 1.38. The lowest BCUT2D eigenvalue weighted by molar-refractivity contribution is -0.142. The Labute approximate surface area is 429 Å². The Balaban J connectivity index is 1.56. The molecule has 1 aromatic heterocycles. The number of ether oxygens (including phenoxy) is 3. The topological polar surface area (TPSA) is 219 Å². The highest BCUT2D eigenvalue weighted by atomic mass is 79.9. The van der Waals surface area contributed by atoms with Gasteiger partial charge in [-0.1, -0.05) is 54.2 Å². The monoisotopic (exact) mass is 1060 g/mol. The summed E-state index contributed by atoms with van der Waals surface area (Å²) in [6, 6.07) is 15.1. The van der Waals surface area contributed by atoms with Crippen LogP contribution >= 0.6 is 27.7 Å². The number of aromatic hydroxyl groups is 1. The van der Waals surface area contributed by atoms with E-state index in [1.807, 2.05) is 36.4 Å². The smallest absolute Gasteiger partial charge is 0.419 e. The van der Waals surface area contributed by atoms with E-state index in [1.165, 1.54) is 28.3 Å². The number of carbonyl (C=O) groups is 6. The van der Waals surface area contributed by atoms with E-state index < -0.39 is 70.9 Å². The van der Waals surface area contributed by atoms with Gasteiger partial charge in [0.25, 0.3) is 0 Å². The first kappa shape index (κ1) is 56.1. The van der Waals surface area contributed by atoms with Gasteiger partial charge in [0.05, 0.1) is 20.9 Å². The number of hydrogen-bond donors (Lipinski definition) is 6. The van der Waals surface area contributed by atoms with Crippen LogP contribution in [0.25, 0.3) is 10.9 Å². The standard InChI is InChI=1S/C52H70BrN7O10S/c1-50(2,3)68-47(65)54-26-16-15-20-38-46(64)59(10)40(28-34-31-60(49(67)70-52(7,8)9)39-22-13-12-19-35(34)39)45(63)57-30-33-24-25-36(53)42(61)43(33)71-41-23-14-11-18-32(41)29-56-37(44(62)58-38)21-17-27-55-48(66)69-51(4,5)6/h11-14,18-19,22-25,31,37-38,40,56,61H,15-17,20-21,26-30H2,1-10H3,(H,54,65)(H,55,66)(H,57,63)(H,58,62)/t37-,38-,40-/m0/s1. The average Bonchev–Trinajstić information content (AvgIpc) is 3.65. The molecule has 386 valence electrons. The molecule has 3 atom stereocenters. The Hall–Kier alpha value is -5.79. The minimum Gasteiger partial charge on any atom is -0.506 e. The van der Waals surface area contributed by atoms with Gasteiger partial charge in [0.15, 0.2) is 0 Å². The molecule has 17 nitrogen and oxygen atoms in total. The van der Waals surface area contributed by atoms with Gasteiger partial charge in [0.1, 0.15) is 34.6 Å². The molecule has 0 radical (unpaired) electrons. The Morgan fingerprint density at radius 2 is 1.35 bits per heavy atom.